The molecule has 0 amide bonds. The maximum Gasteiger partial charge on any atom is 0.145 e. The molecule has 1 N–H and O–H groups in total. The summed E-state index contributed by atoms with van der Waals surface area (Å²) in [7, 11) is 0. The summed E-state index contributed by atoms with van der Waals surface area (Å²) in [5.74, 6) is 1.33. The van der Waals surface area contributed by atoms with Crippen molar-refractivity contribution < 1.29 is 4.74 Å². The number of halogens is 1. The number of nitrogens with one attached hydrogen (secondary N) is 1. The molecule has 16 heavy (non-hydrogen) atoms. The van der Waals surface area contributed by atoms with Crippen LogP contribution in [0.5, 0.6) is 5.75 Å². The molecule has 90 valence electrons. The van der Waals surface area contributed by atoms with Crippen molar-refractivity contribution in [1.82, 2.24) is 0 Å². The zero-order valence-electron chi connectivity index (χ0n) is 10.4. The van der Waals surface area contributed by atoms with Crippen LogP contribution >= 0.6 is 11.6 Å². The van der Waals surface area contributed by atoms with Crippen LogP contribution in [0.25, 0.3) is 0 Å². The molecule has 3 heteroatoms. The van der Waals surface area contributed by atoms with E-state index in [2.05, 4.69) is 26.1 Å². The highest BCUT2D eigenvalue weighted by Crippen LogP contribution is 2.36. The number of benzene rings is 1. The van der Waals surface area contributed by atoms with Crippen LogP contribution in [-0.2, 0) is 0 Å². The van der Waals surface area contributed by atoms with E-state index in [9.17, 15) is 0 Å². The summed E-state index contributed by atoms with van der Waals surface area (Å²) >= 11 is 6.11. The molecule has 0 unspecified atom stereocenters. The third-order valence-electron chi connectivity index (χ3n) is 2.36. The maximum atomic E-state index is 6.11. The summed E-state index contributed by atoms with van der Waals surface area (Å²) in [6.07, 6.45) is 0. The van der Waals surface area contributed by atoms with Gasteiger partial charge in [-0.3, -0.25) is 0 Å². The van der Waals surface area contributed by atoms with Gasteiger partial charge in [0, 0.05) is 17.1 Å². The molecule has 0 spiro atoms. The Hall–Kier alpha value is -0.890. The Labute approximate surface area is 103 Å². The molecule has 1 rings (SSSR count). The number of rotatable bonds is 5. The summed E-state index contributed by atoms with van der Waals surface area (Å²) in [4.78, 5) is 0. The van der Waals surface area contributed by atoms with E-state index < -0.39 is 0 Å². The molecule has 0 aliphatic carbocycles. The van der Waals surface area contributed by atoms with E-state index >= 15 is 0 Å². The lowest BCUT2D eigenvalue weighted by Crippen LogP contribution is -2.05. The minimum absolute atomic E-state index is 0.401. The first-order chi connectivity index (χ1) is 7.60. The van der Waals surface area contributed by atoms with Gasteiger partial charge in [0.1, 0.15) is 5.75 Å². The second-order valence-electron chi connectivity index (χ2n) is 3.99. The lowest BCUT2D eigenvalue weighted by Gasteiger charge is -2.18. The van der Waals surface area contributed by atoms with Crippen LogP contribution in [0.3, 0.4) is 0 Å². The number of hydrogen-bond acceptors (Lipinski definition) is 2. The van der Waals surface area contributed by atoms with Crippen molar-refractivity contribution in [1.29, 1.82) is 0 Å². The van der Waals surface area contributed by atoms with Crippen LogP contribution in [0, 0.1) is 0 Å². The molecular formula is C13H20ClNO. The minimum Gasteiger partial charge on any atom is -0.491 e. The lowest BCUT2D eigenvalue weighted by molar-refractivity contribution is 0.337. The molecule has 1 aromatic rings. The first-order valence-corrected chi connectivity index (χ1v) is 6.18. The summed E-state index contributed by atoms with van der Waals surface area (Å²) in [6.45, 7) is 9.87. The molecule has 0 atom stereocenters. The van der Waals surface area contributed by atoms with Crippen LogP contribution < -0.4 is 10.1 Å². The van der Waals surface area contributed by atoms with Crippen molar-refractivity contribution >= 4 is 17.3 Å². The molecule has 0 aromatic heterocycles. The molecule has 0 fully saturated rings. The molecule has 1 aromatic carbocycles. The van der Waals surface area contributed by atoms with Crippen LogP contribution in [0.4, 0.5) is 5.69 Å². The van der Waals surface area contributed by atoms with E-state index in [0.29, 0.717) is 12.5 Å². The predicted octanol–water partition coefficient (Wildman–Crippen LogP) is 4.29. The number of hydrogen-bond donors (Lipinski definition) is 1. The van der Waals surface area contributed by atoms with Gasteiger partial charge in [0.05, 0.1) is 12.3 Å². The second-order valence-corrected chi connectivity index (χ2v) is 4.43. The predicted molar refractivity (Wildman–Crippen MR) is 70.9 cm³/mol. The maximum absolute atomic E-state index is 6.11. The van der Waals surface area contributed by atoms with Crippen molar-refractivity contribution in [3.8, 4) is 5.75 Å². The monoisotopic (exact) mass is 241 g/mol. The molecule has 0 bridgehead atoms. The molecule has 0 heterocycles. The summed E-state index contributed by atoms with van der Waals surface area (Å²) in [6, 6.07) is 3.90. The van der Waals surface area contributed by atoms with Gasteiger partial charge in [-0.05, 0) is 31.9 Å². The van der Waals surface area contributed by atoms with Gasteiger partial charge in [-0.1, -0.05) is 25.4 Å². The minimum atomic E-state index is 0.401. The number of anilines is 1. The fourth-order valence-corrected chi connectivity index (χ4v) is 1.90. The zero-order valence-corrected chi connectivity index (χ0v) is 11.2. The Bertz CT molecular complexity index is 350. The van der Waals surface area contributed by atoms with Crippen molar-refractivity contribution in [2.75, 3.05) is 18.5 Å². The molecule has 0 radical (unpaired) electrons. The Morgan fingerprint density at radius 3 is 2.50 bits per heavy atom. The van der Waals surface area contributed by atoms with Crippen molar-refractivity contribution in [3.63, 3.8) is 0 Å². The third-order valence-corrected chi connectivity index (χ3v) is 2.58. The fraction of sp³-hybridized carbons (Fsp3) is 0.538. The topological polar surface area (TPSA) is 21.3 Å². The van der Waals surface area contributed by atoms with E-state index in [4.69, 9.17) is 16.3 Å². The highest BCUT2D eigenvalue weighted by molar-refractivity contribution is 6.31. The van der Waals surface area contributed by atoms with E-state index in [0.717, 1.165) is 28.6 Å². The van der Waals surface area contributed by atoms with Gasteiger partial charge in [0.15, 0.2) is 0 Å². The first-order valence-electron chi connectivity index (χ1n) is 5.80. The van der Waals surface area contributed by atoms with Crippen LogP contribution in [-0.4, -0.2) is 13.2 Å². The molecule has 0 saturated heterocycles. The average Bonchev–Trinajstić information content (AvgIpc) is 2.21. The van der Waals surface area contributed by atoms with Gasteiger partial charge in [-0.25, -0.2) is 0 Å². The van der Waals surface area contributed by atoms with Gasteiger partial charge in [-0.15, -0.1) is 0 Å². The van der Waals surface area contributed by atoms with Crippen molar-refractivity contribution in [2.45, 2.75) is 33.6 Å². The van der Waals surface area contributed by atoms with E-state index in [1.807, 2.05) is 19.1 Å². The van der Waals surface area contributed by atoms with Gasteiger partial charge in [0.25, 0.3) is 0 Å². The standard InChI is InChI=1S/C13H20ClNO/c1-5-15-12-8-10(14)7-11(9(3)4)13(12)16-6-2/h7-9,15H,5-6H2,1-4H3. The Kier molecular flexibility index (Phi) is 4.94. The van der Waals surface area contributed by atoms with E-state index in [-0.39, 0.29) is 0 Å². The van der Waals surface area contributed by atoms with Crippen LogP contribution in [0.15, 0.2) is 12.1 Å². The Morgan fingerprint density at radius 2 is 2.00 bits per heavy atom. The summed E-state index contributed by atoms with van der Waals surface area (Å²) in [5.41, 5.74) is 2.14. The second kappa shape index (κ2) is 6.00. The van der Waals surface area contributed by atoms with Crippen LogP contribution in [0.1, 0.15) is 39.2 Å². The van der Waals surface area contributed by atoms with E-state index in [1.54, 1.807) is 0 Å². The SMILES string of the molecule is CCNc1cc(Cl)cc(C(C)C)c1OCC. The highest BCUT2D eigenvalue weighted by atomic mass is 35.5. The summed E-state index contributed by atoms with van der Waals surface area (Å²) < 4.78 is 5.72. The van der Waals surface area contributed by atoms with Gasteiger partial charge in [-0.2, -0.15) is 0 Å². The van der Waals surface area contributed by atoms with Crippen LogP contribution in [0.2, 0.25) is 5.02 Å². The molecular weight excluding hydrogens is 222 g/mol. The average molecular weight is 242 g/mol. The van der Waals surface area contributed by atoms with Gasteiger partial charge in [0.2, 0.25) is 0 Å². The van der Waals surface area contributed by atoms with E-state index in [1.165, 1.54) is 0 Å². The van der Waals surface area contributed by atoms with Crippen molar-refractivity contribution in [3.05, 3.63) is 22.7 Å². The van der Waals surface area contributed by atoms with Gasteiger partial charge < -0.3 is 10.1 Å². The highest BCUT2D eigenvalue weighted by Gasteiger charge is 2.13. The zero-order chi connectivity index (χ0) is 12.1. The fourth-order valence-electron chi connectivity index (χ4n) is 1.67. The summed E-state index contributed by atoms with van der Waals surface area (Å²) in [5, 5.41) is 4.04. The smallest absolute Gasteiger partial charge is 0.145 e. The normalized spacial score (nSPS) is 10.6. The third kappa shape index (κ3) is 3.05. The number of ether oxygens (including phenoxy) is 1. The molecule has 0 saturated carbocycles. The lowest BCUT2D eigenvalue weighted by atomic mass is 10.0. The Morgan fingerprint density at radius 1 is 1.31 bits per heavy atom. The Balaban J connectivity index is 3.23. The molecule has 0 aliphatic rings. The van der Waals surface area contributed by atoms with Gasteiger partial charge >= 0.3 is 0 Å². The quantitative estimate of drug-likeness (QED) is 0.830. The molecule has 0 aliphatic heterocycles. The molecule has 2 nitrogen and oxygen atoms in total. The first kappa shape index (κ1) is 13.2. The van der Waals surface area contributed by atoms with Crippen molar-refractivity contribution in [2.24, 2.45) is 0 Å². The largest absolute Gasteiger partial charge is 0.491 e.